The van der Waals surface area contributed by atoms with Gasteiger partial charge in [0.2, 0.25) is 11.2 Å². The largest absolute Gasteiger partial charge is 0.502 e. The average molecular weight is 427 g/mol. The van der Waals surface area contributed by atoms with Crippen LogP contribution in [0.5, 0.6) is 11.5 Å². The molecule has 0 spiro atoms. The summed E-state index contributed by atoms with van der Waals surface area (Å²) in [6, 6.07) is 16.0. The molecule has 0 radical (unpaired) electrons. The first kappa shape index (κ1) is 17.6. The minimum Gasteiger partial charge on any atom is -0.502 e. The summed E-state index contributed by atoms with van der Waals surface area (Å²) in [5.41, 5.74) is 0.985. The second kappa shape index (κ2) is 7.06. The van der Waals surface area contributed by atoms with Crippen molar-refractivity contribution >= 4 is 21.7 Å². The van der Waals surface area contributed by atoms with Gasteiger partial charge < -0.3 is 19.4 Å². The molecule has 0 bridgehead atoms. The summed E-state index contributed by atoms with van der Waals surface area (Å²) in [7, 11) is 0. The molecular formula is C21H15BrO5. The molecule has 0 saturated carbocycles. The van der Waals surface area contributed by atoms with E-state index in [-0.39, 0.29) is 11.5 Å². The summed E-state index contributed by atoms with van der Waals surface area (Å²) in [5, 5.41) is 19.7. The maximum Gasteiger partial charge on any atom is 0.227 e. The van der Waals surface area contributed by atoms with Gasteiger partial charge in [0.15, 0.2) is 5.76 Å². The SMILES string of the molecule is O=c1cc(CO)oc(C2C=C(c3ccccc3Br)Oc3ccccc32)c1O. The predicted octanol–water partition coefficient (Wildman–Crippen LogP) is 4.17. The van der Waals surface area contributed by atoms with Crippen LogP contribution < -0.4 is 10.2 Å². The fraction of sp³-hybridized carbons (Fsp3) is 0.0952. The van der Waals surface area contributed by atoms with Crippen molar-refractivity contribution in [3.05, 3.63) is 98.0 Å². The highest BCUT2D eigenvalue weighted by molar-refractivity contribution is 9.10. The van der Waals surface area contributed by atoms with Gasteiger partial charge in [-0.2, -0.15) is 0 Å². The molecule has 1 aliphatic rings. The molecule has 1 atom stereocenters. The average Bonchev–Trinajstić information content (AvgIpc) is 2.69. The van der Waals surface area contributed by atoms with Crippen molar-refractivity contribution in [3.63, 3.8) is 0 Å². The zero-order valence-corrected chi connectivity index (χ0v) is 15.6. The van der Waals surface area contributed by atoms with Crippen LogP contribution in [-0.4, -0.2) is 10.2 Å². The molecule has 1 aromatic heterocycles. The standard InChI is InChI=1S/C21H15BrO5/c22-16-7-3-1-6-14(16)19-10-15(13-5-2-4-8-18(13)27-19)21-20(25)17(24)9-12(11-23)26-21/h1-10,15,23,25H,11H2. The lowest BCUT2D eigenvalue weighted by Gasteiger charge is -2.25. The highest BCUT2D eigenvalue weighted by Gasteiger charge is 2.29. The van der Waals surface area contributed by atoms with Crippen molar-refractivity contribution in [2.45, 2.75) is 12.5 Å². The number of aliphatic hydroxyl groups is 1. The lowest BCUT2D eigenvalue weighted by Crippen LogP contribution is -2.13. The van der Waals surface area contributed by atoms with E-state index in [1.165, 1.54) is 0 Å². The number of hydrogen-bond acceptors (Lipinski definition) is 5. The number of hydrogen-bond donors (Lipinski definition) is 2. The number of halogens is 1. The minimum atomic E-state index is -0.597. The summed E-state index contributed by atoms with van der Waals surface area (Å²) in [6.45, 7) is -0.436. The summed E-state index contributed by atoms with van der Waals surface area (Å²) in [5.74, 6) is 0.321. The number of fused-ring (bicyclic) bond motifs is 1. The Labute approximate surface area is 163 Å². The number of allylic oxidation sites excluding steroid dienone is 1. The molecule has 3 aromatic rings. The van der Waals surface area contributed by atoms with Crippen LogP contribution in [0.2, 0.25) is 0 Å². The maximum atomic E-state index is 12.1. The minimum absolute atomic E-state index is 0.0758. The predicted molar refractivity (Wildman–Crippen MR) is 104 cm³/mol. The van der Waals surface area contributed by atoms with Gasteiger partial charge in [-0.15, -0.1) is 0 Å². The van der Waals surface area contributed by atoms with Gasteiger partial charge in [-0.3, -0.25) is 4.79 Å². The molecule has 0 fully saturated rings. The van der Waals surface area contributed by atoms with E-state index in [2.05, 4.69) is 15.9 Å². The number of para-hydroxylation sites is 1. The third-order valence-corrected chi connectivity index (χ3v) is 5.06. The molecule has 136 valence electrons. The van der Waals surface area contributed by atoms with Gasteiger partial charge in [0.05, 0.1) is 5.92 Å². The van der Waals surface area contributed by atoms with E-state index in [1.807, 2.05) is 48.5 Å². The van der Waals surface area contributed by atoms with Crippen molar-refractivity contribution in [2.75, 3.05) is 0 Å². The highest BCUT2D eigenvalue weighted by Crippen LogP contribution is 2.43. The molecule has 2 aromatic carbocycles. The number of benzene rings is 2. The van der Waals surface area contributed by atoms with E-state index >= 15 is 0 Å². The van der Waals surface area contributed by atoms with Crippen LogP contribution in [0.15, 0.2) is 74.4 Å². The van der Waals surface area contributed by atoms with Crippen LogP contribution in [0.25, 0.3) is 5.76 Å². The third kappa shape index (κ3) is 3.18. The zero-order chi connectivity index (χ0) is 19.0. The number of aromatic hydroxyl groups is 1. The molecule has 5 nitrogen and oxygen atoms in total. The van der Waals surface area contributed by atoms with Crippen molar-refractivity contribution in [1.29, 1.82) is 0 Å². The van der Waals surface area contributed by atoms with Crippen LogP contribution >= 0.6 is 15.9 Å². The summed E-state index contributed by atoms with van der Waals surface area (Å²) in [6.07, 6.45) is 1.79. The zero-order valence-electron chi connectivity index (χ0n) is 14.1. The van der Waals surface area contributed by atoms with E-state index in [0.717, 1.165) is 21.7 Å². The van der Waals surface area contributed by atoms with E-state index in [1.54, 1.807) is 6.08 Å². The highest BCUT2D eigenvalue weighted by atomic mass is 79.9. The molecule has 4 rings (SSSR count). The van der Waals surface area contributed by atoms with E-state index in [4.69, 9.17) is 9.15 Å². The number of ether oxygens (including phenoxy) is 1. The fourth-order valence-corrected chi connectivity index (χ4v) is 3.57. The fourth-order valence-electron chi connectivity index (χ4n) is 3.09. The van der Waals surface area contributed by atoms with E-state index in [0.29, 0.717) is 11.5 Å². The van der Waals surface area contributed by atoms with Gasteiger partial charge in [-0.05, 0) is 18.2 Å². The lowest BCUT2D eigenvalue weighted by molar-refractivity contribution is 0.234. The molecular weight excluding hydrogens is 412 g/mol. The van der Waals surface area contributed by atoms with Gasteiger partial charge in [-0.25, -0.2) is 0 Å². The first-order valence-corrected chi connectivity index (χ1v) is 9.08. The van der Waals surface area contributed by atoms with Gasteiger partial charge in [0.25, 0.3) is 0 Å². The van der Waals surface area contributed by atoms with Crippen LogP contribution in [0.4, 0.5) is 0 Å². The lowest BCUT2D eigenvalue weighted by atomic mass is 9.91. The number of aliphatic hydroxyl groups excluding tert-OH is 1. The quantitative estimate of drug-likeness (QED) is 0.656. The second-order valence-corrected chi connectivity index (χ2v) is 6.93. The molecule has 0 amide bonds. The Morgan fingerprint density at radius 2 is 1.81 bits per heavy atom. The Balaban J connectivity index is 1.94. The molecule has 27 heavy (non-hydrogen) atoms. The van der Waals surface area contributed by atoms with Crippen molar-refractivity contribution in [2.24, 2.45) is 0 Å². The van der Waals surface area contributed by atoms with Crippen molar-refractivity contribution < 1.29 is 19.4 Å². The monoisotopic (exact) mass is 426 g/mol. The number of rotatable bonds is 3. The first-order valence-electron chi connectivity index (χ1n) is 8.28. The summed E-state index contributed by atoms with van der Waals surface area (Å²) in [4.78, 5) is 12.1. The Morgan fingerprint density at radius 3 is 2.59 bits per heavy atom. The third-order valence-electron chi connectivity index (χ3n) is 4.37. The molecule has 1 aliphatic heterocycles. The van der Waals surface area contributed by atoms with Crippen LogP contribution in [0, 0.1) is 0 Å². The Hall–Kier alpha value is -2.83. The van der Waals surface area contributed by atoms with Crippen LogP contribution in [-0.2, 0) is 6.61 Å². The molecule has 0 aliphatic carbocycles. The van der Waals surface area contributed by atoms with Gasteiger partial charge in [0.1, 0.15) is 23.9 Å². The molecule has 0 saturated heterocycles. The molecule has 1 unspecified atom stereocenters. The topological polar surface area (TPSA) is 79.9 Å². The van der Waals surface area contributed by atoms with Crippen molar-refractivity contribution in [1.82, 2.24) is 0 Å². The Morgan fingerprint density at radius 1 is 1.07 bits per heavy atom. The normalized spacial score (nSPS) is 15.6. The maximum absolute atomic E-state index is 12.1. The molecule has 2 heterocycles. The van der Waals surface area contributed by atoms with Crippen molar-refractivity contribution in [3.8, 4) is 11.5 Å². The van der Waals surface area contributed by atoms with Crippen LogP contribution in [0.3, 0.4) is 0 Å². The molecule has 2 N–H and O–H groups in total. The summed E-state index contributed by atoms with van der Waals surface area (Å²) >= 11 is 3.52. The van der Waals surface area contributed by atoms with Gasteiger partial charge in [0, 0.05) is 21.7 Å². The van der Waals surface area contributed by atoms with E-state index < -0.39 is 23.7 Å². The smallest absolute Gasteiger partial charge is 0.227 e. The van der Waals surface area contributed by atoms with Gasteiger partial charge >= 0.3 is 0 Å². The van der Waals surface area contributed by atoms with Gasteiger partial charge in [-0.1, -0.05) is 52.3 Å². The first-order chi connectivity index (χ1) is 13.1. The summed E-state index contributed by atoms with van der Waals surface area (Å²) < 4.78 is 12.5. The Kier molecular flexibility index (Phi) is 4.59. The Bertz CT molecular complexity index is 1100. The van der Waals surface area contributed by atoms with Crippen LogP contribution in [0.1, 0.15) is 28.6 Å². The molecule has 6 heteroatoms. The second-order valence-electron chi connectivity index (χ2n) is 6.08. The van der Waals surface area contributed by atoms with E-state index in [9.17, 15) is 15.0 Å².